The van der Waals surface area contributed by atoms with Gasteiger partial charge in [-0.15, -0.1) is 0 Å². The number of imide groups is 1. The normalized spacial score (nSPS) is 19.3. The van der Waals surface area contributed by atoms with Crippen molar-refractivity contribution in [3.05, 3.63) is 35.4 Å². The molecular formula is C17H21N3O4. The van der Waals surface area contributed by atoms with Crippen LogP contribution in [0.25, 0.3) is 0 Å². The molecule has 0 spiro atoms. The molecule has 0 aromatic heterocycles. The van der Waals surface area contributed by atoms with E-state index >= 15 is 0 Å². The molecule has 0 bridgehead atoms. The SMILES string of the molecule is NCC1(C(=O)NCCN2C(=O)c3ccccc3C2=O)CCOCC1. The molecule has 1 fully saturated rings. The van der Waals surface area contributed by atoms with Crippen molar-refractivity contribution >= 4 is 17.7 Å². The van der Waals surface area contributed by atoms with Crippen LogP contribution in [0.15, 0.2) is 24.3 Å². The van der Waals surface area contributed by atoms with Crippen LogP contribution in [0.1, 0.15) is 33.6 Å². The molecule has 0 unspecified atom stereocenters. The van der Waals surface area contributed by atoms with Crippen LogP contribution < -0.4 is 11.1 Å². The van der Waals surface area contributed by atoms with Crippen LogP contribution in [-0.4, -0.2) is 55.5 Å². The third-order valence-electron chi connectivity index (χ3n) is 4.82. The number of nitrogens with two attached hydrogens (primary N) is 1. The number of ether oxygens (including phenoxy) is 1. The van der Waals surface area contributed by atoms with Gasteiger partial charge in [-0.2, -0.15) is 0 Å². The largest absolute Gasteiger partial charge is 0.381 e. The Morgan fingerprint density at radius 2 is 1.75 bits per heavy atom. The lowest BCUT2D eigenvalue weighted by atomic mass is 9.79. The van der Waals surface area contributed by atoms with Crippen molar-refractivity contribution in [1.29, 1.82) is 0 Å². The zero-order valence-corrected chi connectivity index (χ0v) is 13.4. The van der Waals surface area contributed by atoms with Crippen molar-refractivity contribution in [3.8, 4) is 0 Å². The average Bonchev–Trinajstić information content (AvgIpc) is 2.87. The molecule has 1 aromatic rings. The number of hydrogen-bond donors (Lipinski definition) is 2. The van der Waals surface area contributed by atoms with Crippen molar-refractivity contribution in [2.24, 2.45) is 11.1 Å². The lowest BCUT2D eigenvalue weighted by molar-refractivity contribution is -0.135. The first kappa shape index (κ1) is 16.6. The summed E-state index contributed by atoms with van der Waals surface area (Å²) in [6.07, 6.45) is 1.17. The first-order chi connectivity index (χ1) is 11.6. The molecule has 1 saturated heterocycles. The van der Waals surface area contributed by atoms with Crippen LogP contribution in [0.2, 0.25) is 0 Å². The number of amides is 3. The summed E-state index contributed by atoms with van der Waals surface area (Å²) in [6, 6.07) is 6.73. The summed E-state index contributed by atoms with van der Waals surface area (Å²) in [5, 5.41) is 2.82. The predicted octanol–water partition coefficient (Wildman–Crippen LogP) is 0.154. The predicted molar refractivity (Wildman–Crippen MR) is 86.4 cm³/mol. The Morgan fingerprint density at radius 1 is 1.17 bits per heavy atom. The van der Waals surface area contributed by atoms with Crippen molar-refractivity contribution in [3.63, 3.8) is 0 Å². The molecule has 0 saturated carbocycles. The topological polar surface area (TPSA) is 102 Å². The number of hydrogen-bond acceptors (Lipinski definition) is 5. The average molecular weight is 331 g/mol. The summed E-state index contributed by atoms with van der Waals surface area (Å²) in [4.78, 5) is 38.2. The molecule has 2 aliphatic rings. The summed E-state index contributed by atoms with van der Waals surface area (Å²) in [5.41, 5.74) is 6.02. The van der Waals surface area contributed by atoms with Gasteiger partial charge in [0.1, 0.15) is 0 Å². The highest BCUT2D eigenvalue weighted by Crippen LogP contribution is 2.29. The zero-order chi connectivity index (χ0) is 17.2. The second-order valence-electron chi connectivity index (χ2n) is 6.16. The molecular weight excluding hydrogens is 310 g/mol. The van der Waals surface area contributed by atoms with E-state index in [1.165, 1.54) is 4.90 Å². The van der Waals surface area contributed by atoms with Gasteiger partial charge in [0.2, 0.25) is 5.91 Å². The van der Waals surface area contributed by atoms with Crippen LogP contribution in [0.4, 0.5) is 0 Å². The summed E-state index contributed by atoms with van der Waals surface area (Å²) in [5.74, 6) is -0.765. The number of benzene rings is 1. The highest BCUT2D eigenvalue weighted by molar-refractivity contribution is 6.21. The third-order valence-corrected chi connectivity index (χ3v) is 4.82. The van der Waals surface area contributed by atoms with E-state index in [0.717, 1.165) is 0 Å². The third kappa shape index (κ3) is 2.81. The number of fused-ring (bicyclic) bond motifs is 1. The smallest absolute Gasteiger partial charge is 0.261 e. The Balaban J connectivity index is 1.58. The van der Waals surface area contributed by atoms with Crippen LogP contribution in [-0.2, 0) is 9.53 Å². The van der Waals surface area contributed by atoms with Crippen LogP contribution in [0.3, 0.4) is 0 Å². The van der Waals surface area contributed by atoms with E-state index in [1.54, 1.807) is 24.3 Å². The number of nitrogens with one attached hydrogen (secondary N) is 1. The fourth-order valence-electron chi connectivity index (χ4n) is 3.20. The molecule has 3 amide bonds. The fourth-order valence-corrected chi connectivity index (χ4v) is 3.20. The number of carbonyl (C=O) groups is 3. The van der Waals surface area contributed by atoms with E-state index in [4.69, 9.17) is 10.5 Å². The second kappa shape index (κ2) is 6.70. The van der Waals surface area contributed by atoms with Crippen molar-refractivity contribution in [2.75, 3.05) is 32.8 Å². The molecule has 0 atom stereocenters. The van der Waals surface area contributed by atoms with E-state index in [1.807, 2.05) is 0 Å². The van der Waals surface area contributed by atoms with Crippen molar-refractivity contribution in [1.82, 2.24) is 10.2 Å². The molecule has 24 heavy (non-hydrogen) atoms. The Bertz CT molecular complexity index is 633. The molecule has 3 N–H and O–H groups in total. The van der Waals surface area contributed by atoms with Gasteiger partial charge in [-0.1, -0.05) is 12.1 Å². The van der Waals surface area contributed by atoms with E-state index in [-0.39, 0.29) is 37.4 Å². The summed E-state index contributed by atoms with van der Waals surface area (Å²) in [6.45, 7) is 1.66. The highest BCUT2D eigenvalue weighted by Gasteiger charge is 2.39. The van der Waals surface area contributed by atoms with Crippen LogP contribution >= 0.6 is 0 Å². The van der Waals surface area contributed by atoms with Crippen molar-refractivity contribution in [2.45, 2.75) is 12.8 Å². The van der Waals surface area contributed by atoms with Gasteiger partial charge in [0.15, 0.2) is 0 Å². The fraction of sp³-hybridized carbons (Fsp3) is 0.471. The molecule has 7 heteroatoms. The second-order valence-corrected chi connectivity index (χ2v) is 6.16. The minimum absolute atomic E-state index is 0.134. The van der Waals surface area contributed by atoms with E-state index < -0.39 is 5.41 Å². The maximum Gasteiger partial charge on any atom is 0.261 e. The highest BCUT2D eigenvalue weighted by atomic mass is 16.5. The first-order valence-corrected chi connectivity index (χ1v) is 8.10. The zero-order valence-electron chi connectivity index (χ0n) is 13.4. The van der Waals surface area contributed by atoms with E-state index in [9.17, 15) is 14.4 Å². The van der Waals surface area contributed by atoms with E-state index in [2.05, 4.69) is 5.32 Å². The quantitative estimate of drug-likeness (QED) is 0.748. The Morgan fingerprint density at radius 3 is 2.29 bits per heavy atom. The molecule has 7 nitrogen and oxygen atoms in total. The van der Waals surface area contributed by atoms with Gasteiger partial charge in [-0.25, -0.2) is 0 Å². The first-order valence-electron chi connectivity index (χ1n) is 8.10. The van der Waals surface area contributed by atoms with E-state index in [0.29, 0.717) is 37.2 Å². The van der Waals surface area contributed by atoms with Gasteiger partial charge < -0.3 is 15.8 Å². The monoisotopic (exact) mass is 331 g/mol. The Kier molecular flexibility index (Phi) is 4.64. The number of rotatable bonds is 5. The van der Waals surface area contributed by atoms with Gasteiger partial charge in [0.25, 0.3) is 11.8 Å². The molecule has 0 radical (unpaired) electrons. The Hall–Kier alpha value is -2.25. The number of carbonyl (C=O) groups excluding carboxylic acids is 3. The van der Waals surface area contributed by atoms with Gasteiger partial charge in [-0.05, 0) is 25.0 Å². The Labute approximate surface area is 140 Å². The minimum atomic E-state index is -0.611. The van der Waals surface area contributed by atoms with Gasteiger partial charge in [0.05, 0.1) is 16.5 Å². The van der Waals surface area contributed by atoms with Gasteiger partial charge in [0, 0.05) is 32.8 Å². The van der Waals surface area contributed by atoms with Gasteiger partial charge in [-0.3, -0.25) is 19.3 Å². The standard InChI is InChI=1S/C17H21N3O4/c18-11-17(5-9-24-10-6-17)16(23)19-7-8-20-14(21)12-3-1-2-4-13(12)15(20)22/h1-4H,5-11,18H2,(H,19,23). The maximum absolute atomic E-state index is 12.5. The maximum atomic E-state index is 12.5. The molecule has 2 aliphatic heterocycles. The summed E-state index contributed by atoms with van der Waals surface area (Å²) >= 11 is 0. The molecule has 128 valence electrons. The van der Waals surface area contributed by atoms with Crippen LogP contribution in [0.5, 0.6) is 0 Å². The van der Waals surface area contributed by atoms with Crippen LogP contribution in [0, 0.1) is 5.41 Å². The molecule has 1 aromatic carbocycles. The molecule has 2 heterocycles. The molecule has 3 rings (SSSR count). The van der Waals surface area contributed by atoms with Gasteiger partial charge >= 0.3 is 0 Å². The van der Waals surface area contributed by atoms with Crippen molar-refractivity contribution < 1.29 is 19.1 Å². The molecule has 0 aliphatic carbocycles. The lowest BCUT2D eigenvalue weighted by Gasteiger charge is -2.34. The summed E-state index contributed by atoms with van der Waals surface area (Å²) in [7, 11) is 0. The number of nitrogens with zero attached hydrogens (tertiary/aromatic N) is 1. The minimum Gasteiger partial charge on any atom is -0.381 e. The summed E-state index contributed by atoms with van der Waals surface area (Å²) < 4.78 is 5.29. The lowest BCUT2D eigenvalue weighted by Crippen LogP contribution is -2.50.